The summed E-state index contributed by atoms with van der Waals surface area (Å²) >= 11 is 0. The summed E-state index contributed by atoms with van der Waals surface area (Å²) in [6.07, 6.45) is 5.24. The molecule has 50 heavy (non-hydrogen) atoms. The molecule has 0 saturated heterocycles. The average molecular weight is 741 g/mol. The Bertz CT molecular complexity index is 2350. The SMILES string of the molecule is Cc1ccc(S(=O)(=O)n2ccc3nc(CN)cnc32)cc1.Cc1ccc(S(=O)(=O)n2ccc3nc(CNC(=O)OC(C)(C)C)cnc32)cc1.Cl. The summed E-state index contributed by atoms with van der Waals surface area (Å²) in [4.78, 5) is 29.2. The van der Waals surface area contributed by atoms with Gasteiger partial charge in [-0.05, 0) is 71.0 Å². The van der Waals surface area contributed by atoms with Crippen molar-refractivity contribution in [2.75, 3.05) is 0 Å². The van der Waals surface area contributed by atoms with Crippen LogP contribution in [0.2, 0.25) is 0 Å². The van der Waals surface area contributed by atoms with Crippen LogP contribution in [0.3, 0.4) is 0 Å². The highest BCUT2D eigenvalue weighted by Crippen LogP contribution is 2.22. The van der Waals surface area contributed by atoms with Gasteiger partial charge in [-0.15, -0.1) is 12.4 Å². The number of amides is 1. The summed E-state index contributed by atoms with van der Waals surface area (Å²) in [5.74, 6) is 0. The van der Waals surface area contributed by atoms with Crippen LogP contribution in [0.1, 0.15) is 43.3 Å². The molecule has 264 valence electrons. The number of fused-ring (bicyclic) bond motifs is 2. The van der Waals surface area contributed by atoms with E-state index in [9.17, 15) is 21.6 Å². The van der Waals surface area contributed by atoms with Gasteiger partial charge in [0.2, 0.25) is 0 Å². The lowest BCUT2D eigenvalue weighted by Gasteiger charge is -2.19. The zero-order valence-electron chi connectivity index (χ0n) is 27.9. The van der Waals surface area contributed by atoms with Crippen LogP contribution < -0.4 is 11.1 Å². The van der Waals surface area contributed by atoms with E-state index in [0.29, 0.717) is 28.1 Å². The van der Waals surface area contributed by atoms with E-state index in [2.05, 4.69) is 25.3 Å². The van der Waals surface area contributed by atoms with E-state index in [1.165, 1.54) is 24.8 Å². The quantitative estimate of drug-likeness (QED) is 0.227. The van der Waals surface area contributed by atoms with Gasteiger partial charge in [0, 0.05) is 18.9 Å². The molecule has 1 amide bonds. The number of hydrogen-bond acceptors (Lipinski definition) is 11. The Hall–Kier alpha value is -4.90. The molecule has 14 nitrogen and oxygen atoms in total. The van der Waals surface area contributed by atoms with Crippen LogP contribution >= 0.6 is 12.4 Å². The molecule has 6 rings (SSSR count). The molecule has 0 radical (unpaired) electrons. The lowest BCUT2D eigenvalue weighted by atomic mass is 10.2. The second-order valence-electron chi connectivity index (χ2n) is 12.1. The molecule has 4 heterocycles. The number of hydrogen-bond donors (Lipinski definition) is 2. The van der Waals surface area contributed by atoms with Gasteiger partial charge < -0.3 is 15.8 Å². The number of carbonyl (C=O) groups is 1. The summed E-state index contributed by atoms with van der Waals surface area (Å²) < 4.78 is 58.5. The highest BCUT2D eigenvalue weighted by Gasteiger charge is 2.22. The fourth-order valence-electron chi connectivity index (χ4n) is 4.55. The van der Waals surface area contributed by atoms with Crippen LogP contribution in [-0.2, 0) is 37.9 Å². The number of aryl methyl sites for hydroxylation is 2. The molecule has 0 aliphatic carbocycles. The number of aromatic nitrogens is 6. The van der Waals surface area contributed by atoms with Crippen molar-refractivity contribution in [3.63, 3.8) is 0 Å². The summed E-state index contributed by atoms with van der Waals surface area (Å²) in [6, 6.07) is 16.5. The van der Waals surface area contributed by atoms with Crippen molar-refractivity contribution >= 4 is 60.9 Å². The van der Waals surface area contributed by atoms with Crippen molar-refractivity contribution in [1.82, 2.24) is 33.2 Å². The number of carbonyl (C=O) groups excluding carboxylic acids is 1. The summed E-state index contributed by atoms with van der Waals surface area (Å²) in [5, 5.41) is 2.60. The maximum Gasteiger partial charge on any atom is 0.407 e. The largest absolute Gasteiger partial charge is 0.444 e. The fraction of sp³-hybridized carbons (Fsp3) is 0.242. The molecule has 4 aromatic heterocycles. The Morgan fingerprint density at radius 2 is 1.16 bits per heavy atom. The van der Waals surface area contributed by atoms with Crippen LogP contribution in [0.5, 0.6) is 0 Å². The van der Waals surface area contributed by atoms with E-state index in [1.807, 2.05) is 13.8 Å². The monoisotopic (exact) mass is 740 g/mol. The maximum atomic E-state index is 12.9. The van der Waals surface area contributed by atoms with E-state index in [4.69, 9.17) is 10.5 Å². The number of rotatable bonds is 7. The number of ether oxygens (including phenoxy) is 1. The first-order chi connectivity index (χ1) is 23.1. The Kier molecular flexibility index (Phi) is 11.3. The van der Waals surface area contributed by atoms with E-state index >= 15 is 0 Å². The Morgan fingerprint density at radius 1 is 0.740 bits per heavy atom. The van der Waals surface area contributed by atoms with Gasteiger partial charge in [0.1, 0.15) is 16.6 Å². The topological polar surface area (TPSA) is 194 Å². The van der Waals surface area contributed by atoms with Crippen LogP contribution in [0, 0.1) is 13.8 Å². The first-order valence-electron chi connectivity index (χ1n) is 15.1. The molecule has 6 aromatic rings. The Balaban J connectivity index is 0.000000229. The average Bonchev–Trinajstić information content (AvgIpc) is 3.68. The van der Waals surface area contributed by atoms with E-state index in [0.717, 1.165) is 19.1 Å². The van der Waals surface area contributed by atoms with Gasteiger partial charge >= 0.3 is 6.09 Å². The van der Waals surface area contributed by atoms with Crippen molar-refractivity contribution < 1.29 is 26.4 Å². The molecule has 0 fully saturated rings. The van der Waals surface area contributed by atoms with E-state index in [-0.39, 0.29) is 40.9 Å². The predicted molar refractivity (Wildman–Crippen MR) is 191 cm³/mol. The van der Waals surface area contributed by atoms with Crippen molar-refractivity contribution in [3.05, 3.63) is 108 Å². The highest BCUT2D eigenvalue weighted by atomic mass is 35.5. The molecule has 0 aliphatic heterocycles. The van der Waals surface area contributed by atoms with Gasteiger partial charge in [0.25, 0.3) is 20.0 Å². The standard InChI is InChI=1S/C19H22N4O4S.C14H14N4O2S.ClH/c1-13-5-7-15(8-6-13)28(25,26)23-10-9-16-17(23)20-11-14(22-16)12-21-18(24)27-19(2,3)4;1-10-2-4-12(5-3-10)21(19,20)18-7-6-13-14(18)16-9-11(8-15)17-13;/h5-11H,12H2,1-4H3,(H,21,24);2-7,9H,8,15H2,1H3;1H. The third-order valence-electron chi connectivity index (χ3n) is 6.99. The second-order valence-corrected chi connectivity index (χ2v) is 15.7. The smallest absolute Gasteiger partial charge is 0.407 e. The van der Waals surface area contributed by atoms with Crippen LogP contribution in [-0.4, -0.2) is 56.4 Å². The minimum Gasteiger partial charge on any atom is -0.444 e. The molecule has 17 heteroatoms. The molecular weight excluding hydrogens is 704 g/mol. The van der Waals surface area contributed by atoms with Crippen LogP contribution in [0.25, 0.3) is 22.3 Å². The van der Waals surface area contributed by atoms with Gasteiger partial charge in [-0.3, -0.25) is 0 Å². The molecule has 0 aliphatic rings. The molecular formula is C33H37ClN8O6S2. The van der Waals surface area contributed by atoms with Crippen LogP contribution in [0.15, 0.2) is 95.2 Å². The van der Waals surface area contributed by atoms with Gasteiger partial charge in [0.05, 0.1) is 40.1 Å². The van der Waals surface area contributed by atoms with Crippen molar-refractivity contribution in [1.29, 1.82) is 0 Å². The van der Waals surface area contributed by atoms with E-state index < -0.39 is 31.7 Å². The predicted octanol–water partition coefficient (Wildman–Crippen LogP) is 4.86. The molecule has 0 bridgehead atoms. The molecule has 0 atom stereocenters. The fourth-order valence-corrected chi connectivity index (χ4v) is 7.14. The maximum absolute atomic E-state index is 12.9. The zero-order valence-corrected chi connectivity index (χ0v) is 30.4. The minimum absolute atomic E-state index is 0. The molecule has 0 spiro atoms. The van der Waals surface area contributed by atoms with Gasteiger partial charge in [-0.2, -0.15) is 0 Å². The lowest BCUT2D eigenvalue weighted by molar-refractivity contribution is 0.0523. The van der Waals surface area contributed by atoms with Gasteiger partial charge in [-0.1, -0.05) is 35.4 Å². The number of alkyl carbamates (subject to hydrolysis) is 1. The highest BCUT2D eigenvalue weighted by molar-refractivity contribution is 7.90. The first kappa shape index (κ1) is 37.9. The van der Waals surface area contributed by atoms with Gasteiger partial charge in [-0.25, -0.2) is 49.5 Å². The number of halogens is 1. The molecule has 0 saturated carbocycles. The molecule has 0 unspecified atom stereocenters. The summed E-state index contributed by atoms with van der Waals surface area (Å²) in [5.41, 5.74) is 9.44. The number of nitrogens with one attached hydrogen (secondary N) is 1. The van der Waals surface area contributed by atoms with Gasteiger partial charge in [0.15, 0.2) is 11.3 Å². The zero-order chi connectivity index (χ0) is 35.6. The summed E-state index contributed by atoms with van der Waals surface area (Å²) in [6.45, 7) is 9.49. The van der Waals surface area contributed by atoms with Crippen molar-refractivity contribution in [2.45, 2.75) is 63.1 Å². The molecule has 2 aromatic carbocycles. The van der Waals surface area contributed by atoms with Crippen LogP contribution in [0.4, 0.5) is 4.79 Å². The molecule has 3 N–H and O–H groups in total. The third-order valence-corrected chi connectivity index (χ3v) is 10.3. The summed E-state index contributed by atoms with van der Waals surface area (Å²) in [7, 11) is -7.45. The lowest BCUT2D eigenvalue weighted by Crippen LogP contribution is -2.32. The third kappa shape index (κ3) is 8.45. The minimum atomic E-state index is -3.77. The Morgan fingerprint density at radius 3 is 1.58 bits per heavy atom. The number of benzene rings is 2. The van der Waals surface area contributed by atoms with Crippen molar-refractivity contribution in [3.8, 4) is 0 Å². The number of nitrogens with zero attached hydrogens (tertiary/aromatic N) is 6. The Labute approximate surface area is 296 Å². The normalized spacial score (nSPS) is 11.8. The van der Waals surface area contributed by atoms with E-state index in [1.54, 1.807) is 81.4 Å². The number of nitrogens with two attached hydrogens (primary N) is 1. The van der Waals surface area contributed by atoms with Crippen molar-refractivity contribution in [2.24, 2.45) is 5.73 Å². The second kappa shape index (κ2) is 14.9. The first-order valence-corrected chi connectivity index (χ1v) is 17.9.